The van der Waals surface area contributed by atoms with Crippen LogP contribution in [0.25, 0.3) is 0 Å². The molecule has 2 heteroatoms. The Labute approximate surface area is 134 Å². The van der Waals surface area contributed by atoms with Crippen molar-refractivity contribution in [3.05, 3.63) is 29.8 Å². The molecule has 1 aromatic carbocycles. The Morgan fingerprint density at radius 1 is 1.14 bits per heavy atom. The van der Waals surface area contributed by atoms with Crippen LogP contribution in [0.4, 0.5) is 0 Å². The van der Waals surface area contributed by atoms with Gasteiger partial charge >= 0.3 is 0 Å². The Morgan fingerprint density at radius 2 is 1.77 bits per heavy atom. The van der Waals surface area contributed by atoms with Crippen molar-refractivity contribution in [2.45, 2.75) is 58.0 Å². The van der Waals surface area contributed by atoms with Crippen molar-refractivity contribution >= 4 is 0 Å². The molecule has 4 fully saturated rings. The molecule has 120 valence electrons. The van der Waals surface area contributed by atoms with Crippen LogP contribution in [-0.2, 0) is 6.54 Å². The van der Waals surface area contributed by atoms with E-state index in [0.29, 0.717) is 11.5 Å². The van der Waals surface area contributed by atoms with Gasteiger partial charge in [-0.2, -0.15) is 0 Å². The summed E-state index contributed by atoms with van der Waals surface area (Å²) in [4.78, 5) is 0. The van der Waals surface area contributed by atoms with Gasteiger partial charge in [0.05, 0.1) is 7.11 Å². The highest BCUT2D eigenvalue weighted by molar-refractivity contribution is 5.28. The van der Waals surface area contributed by atoms with Crippen molar-refractivity contribution in [2.24, 2.45) is 23.2 Å². The average molecular weight is 299 g/mol. The van der Waals surface area contributed by atoms with Gasteiger partial charge in [-0.25, -0.2) is 0 Å². The Balaban J connectivity index is 1.42. The predicted octanol–water partition coefficient (Wildman–Crippen LogP) is 4.39. The molecule has 0 spiro atoms. The van der Waals surface area contributed by atoms with Crippen LogP contribution in [0.15, 0.2) is 24.3 Å². The summed E-state index contributed by atoms with van der Waals surface area (Å²) < 4.78 is 5.33. The molecule has 0 radical (unpaired) electrons. The van der Waals surface area contributed by atoms with E-state index in [1.54, 1.807) is 7.11 Å². The summed E-state index contributed by atoms with van der Waals surface area (Å²) in [6.07, 6.45) is 9.02. The van der Waals surface area contributed by atoms with Gasteiger partial charge in [-0.15, -0.1) is 0 Å². The molecule has 0 unspecified atom stereocenters. The van der Waals surface area contributed by atoms with Crippen LogP contribution >= 0.6 is 0 Å². The second-order valence-electron chi connectivity index (χ2n) is 8.23. The third-order valence-electron chi connectivity index (χ3n) is 6.75. The van der Waals surface area contributed by atoms with E-state index in [0.717, 1.165) is 30.0 Å². The van der Waals surface area contributed by atoms with Crippen LogP contribution in [0.2, 0.25) is 0 Å². The molecule has 1 atom stereocenters. The summed E-state index contributed by atoms with van der Waals surface area (Å²) in [7, 11) is 1.74. The first kappa shape index (κ1) is 14.6. The maximum atomic E-state index is 5.33. The monoisotopic (exact) mass is 299 g/mol. The second-order valence-corrected chi connectivity index (χ2v) is 8.23. The molecule has 4 saturated carbocycles. The lowest BCUT2D eigenvalue weighted by molar-refractivity contribution is -0.0706. The van der Waals surface area contributed by atoms with Crippen molar-refractivity contribution in [3.63, 3.8) is 0 Å². The molecule has 4 aliphatic rings. The number of hydrogen-bond acceptors (Lipinski definition) is 2. The van der Waals surface area contributed by atoms with E-state index in [-0.39, 0.29) is 0 Å². The summed E-state index contributed by atoms with van der Waals surface area (Å²) in [5.41, 5.74) is 1.92. The van der Waals surface area contributed by atoms with Gasteiger partial charge in [0.1, 0.15) is 5.75 Å². The second kappa shape index (κ2) is 5.56. The van der Waals surface area contributed by atoms with Crippen LogP contribution in [0, 0.1) is 23.2 Å². The molecule has 5 rings (SSSR count). The van der Waals surface area contributed by atoms with Crippen LogP contribution in [0.5, 0.6) is 5.75 Å². The molecule has 1 aromatic rings. The highest BCUT2D eigenvalue weighted by atomic mass is 16.5. The smallest absolute Gasteiger partial charge is 0.119 e. The summed E-state index contributed by atoms with van der Waals surface area (Å²) in [6.45, 7) is 3.40. The summed E-state index contributed by atoms with van der Waals surface area (Å²) in [6, 6.07) is 9.09. The van der Waals surface area contributed by atoms with Crippen molar-refractivity contribution < 1.29 is 4.74 Å². The molecule has 0 aromatic heterocycles. The largest absolute Gasteiger partial charge is 0.497 e. The normalized spacial score (nSPS) is 37.3. The number of rotatable bonds is 5. The zero-order chi connectivity index (χ0) is 15.2. The fourth-order valence-corrected chi connectivity index (χ4v) is 5.98. The topological polar surface area (TPSA) is 21.3 Å². The molecule has 0 aliphatic heterocycles. The van der Waals surface area contributed by atoms with Gasteiger partial charge in [-0.05, 0) is 86.3 Å². The van der Waals surface area contributed by atoms with E-state index in [9.17, 15) is 0 Å². The predicted molar refractivity (Wildman–Crippen MR) is 89.9 cm³/mol. The first-order valence-electron chi connectivity index (χ1n) is 9.03. The lowest BCUT2D eigenvalue weighted by atomic mass is 9.48. The zero-order valence-electron chi connectivity index (χ0n) is 14.0. The first-order valence-corrected chi connectivity index (χ1v) is 9.03. The van der Waals surface area contributed by atoms with Gasteiger partial charge in [0.15, 0.2) is 0 Å². The minimum atomic E-state index is 0.591. The maximum Gasteiger partial charge on any atom is 0.119 e. The molecule has 4 aliphatic carbocycles. The highest BCUT2D eigenvalue weighted by Gasteiger charge is 2.52. The Hall–Kier alpha value is -1.02. The summed E-state index contributed by atoms with van der Waals surface area (Å²) in [5.74, 6) is 4.06. The Bertz CT molecular complexity index is 503. The minimum Gasteiger partial charge on any atom is -0.497 e. The third-order valence-corrected chi connectivity index (χ3v) is 6.75. The van der Waals surface area contributed by atoms with Crippen molar-refractivity contribution in [1.82, 2.24) is 5.32 Å². The van der Waals surface area contributed by atoms with Gasteiger partial charge in [0, 0.05) is 12.6 Å². The molecular weight excluding hydrogens is 270 g/mol. The van der Waals surface area contributed by atoms with Crippen LogP contribution in [0.1, 0.15) is 51.0 Å². The fourth-order valence-electron chi connectivity index (χ4n) is 5.98. The lowest BCUT2D eigenvalue weighted by Crippen LogP contribution is -2.54. The van der Waals surface area contributed by atoms with Crippen LogP contribution in [-0.4, -0.2) is 13.2 Å². The van der Waals surface area contributed by atoms with Crippen molar-refractivity contribution in [1.29, 1.82) is 0 Å². The molecule has 4 bridgehead atoms. The fraction of sp³-hybridized carbons (Fsp3) is 0.700. The van der Waals surface area contributed by atoms with Crippen molar-refractivity contribution in [2.75, 3.05) is 7.11 Å². The van der Waals surface area contributed by atoms with E-state index in [4.69, 9.17) is 4.74 Å². The number of benzene rings is 1. The average Bonchev–Trinajstić information content (AvgIpc) is 2.51. The molecule has 2 nitrogen and oxygen atoms in total. The van der Waals surface area contributed by atoms with Crippen molar-refractivity contribution in [3.8, 4) is 5.75 Å². The Kier molecular flexibility index (Phi) is 3.68. The number of nitrogens with one attached hydrogen (secondary N) is 1. The van der Waals surface area contributed by atoms with E-state index in [1.165, 1.54) is 44.1 Å². The third kappa shape index (κ3) is 2.56. The van der Waals surface area contributed by atoms with Gasteiger partial charge < -0.3 is 10.1 Å². The molecule has 0 saturated heterocycles. The maximum absolute atomic E-state index is 5.33. The molecule has 22 heavy (non-hydrogen) atoms. The summed E-state index contributed by atoms with van der Waals surface area (Å²) in [5, 5.41) is 3.85. The SMILES string of the molecule is COc1cccc(CN[C@H](C)C23CC4CC(CC(C4)C2)C3)c1. The number of methoxy groups -OCH3 is 1. The minimum absolute atomic E-state index is 0.591. The van der Waals surface area contributed by atoms with E-state index >= 15 is 0 Å². The van der Waals surface area contributed by atoms with Crippen LogP contribution < -0.4 is 10.1 Å². The quantitative estimate of drug-likeness (QED) is 0.870. The standard InChI is InChI=1S/C20H29NO/c1-14(21-13-15-4-3-5-19(9-15)22-2)20-10-16-6-17(11-20)8-18(7-16)12-20/h3-5,9,14,16-18,21H,6-8,10-13H2,1-2H3/t14-,16?,17?,18?,20?/m1/s1. The van der Waals surface area contributed by atoms with Gasteiger partial charge in [0.2, 0.25) is 0 Å². The van der Waals surface area contributed by atoms with E-state index < -0.39 is 0 Å². The highest BCUT2D eigenvalue weighted by Crippen LogP contribution is 2.61. The first-order chi connectivity index (χ1) is 10.7. The zero-order valence-corrected chi connectivity index (χ0v) is 14.0. The van der Waals surface area contributed by atoms with E-state index in [1.807, 2.05) is 6.07 Å². The number of hydrogen-bond donors (Lipinski definition) is 1. The number of ether oxygens (including phenoxy) is 1. The molecular formula is C20H29NO. The van der Waals surface area contributed by atoms with Crippen LogP contribution in [0.3, 0.4) is 0 Å². The lowest BCUT2D eigenvalue weighted by Gasteiger charge is -2.59. The van der Waals surface area contributed by atoms with Gasteiger partial charge in [-0.3, -0.25) is 0 Å². The molecule has 0 amide bonds. The summed E-state index contributed by atoms with van der Waals surface area (Å²) >= 11 is 0. The van der Waals surface area contributed by atoms with Gasteiger partial charge in [0.25, 0.3) is 0 Å². The van der Waals surface area contributed by atoms with Gasteiger partial charge in [-0.1, -0.05) is 12.1 Å². The molecule has 0 heterocycles. The molecule has 1 N–H and O–H groups in total. The van der Waals surface area contributed by atoms with E-state index in [2.05, 4.69) is 30.4 Å². The Morgan fingerprint density at radius 3 is 2.36 bits per heavy atom.